The maximum absolute atomic E-state index is 13.6. The molecule has 0 aliphatic rings. The highest BCUT2D eigenvalue weighted by Crippen LogP contribution is 2.33. The number of aromatic nitrogens is 7. The molecule has 0 aliphatic heterocycles. The Morgan fingerprint density at radius 3 is 2.83 bits per heavy atom. The molecule has 0 saturated carbocycles. The third-order valence-electron chi connectivity index (χ3n) is 5.43. The van der Waals surface area contributed by atoms with Crippen LogP contribution in [0.3, 0.4) is 0 Å². The summed E-state index contributed by atoms with van der Waals surface area (Å²) in [6.45, 7) is 3.56. The first-order chi connectivity index (χ1) is 16.9. The monoisotopic (exact) mass is 493 g/mol. The van der Waals surface area contributed by atoms with Crippen molar-refractivity contribution in [1.82, 2.24) is 34.9 Å². The zero-order valence-corrected chi connectivity index (χ0v) is 19.7. The molecule has 0 bridgehead atoms. The average Bonchev–Trinajstić information content (AvgIpc) is 3.48. The van der Waals surface area contributed by atoms with Gasteiger partial charge in [0.2, 0.25) is 5.88 Å². The minimum atomic E-state index is -0.467. The molecule has 12 nitrogen and oxygen atoms in total. The van der Waals surface area contributed by atoms with Crippen LogP contribution in [0, 0.1) is 6.92 Å². The van der Waals surface area contributed by atoms with Crippen LogP contribution in [0.2, 0.25) is 5.02 Å². The molecule has 4 aromatic heterocycles. The summed E-state index contributed by atoms with van der Waals surface area (Å²) in [6.07, 6.45) is 1.32. The highest BCUT2D eigenvalue weighted by atomic mass is 35.5. The van der Waals surface area contributed by atoms with Gasteiger partial charge in [0.1, 0.15) is 23.5 Å². The number of fused-ring (bicyclic) bond motifs is 1. The fourth-order valence-electron chi connectivity index (χ4n) is 3.81. The van der Waals surface area contributed by atoms with Crippen LogP contribution in [-0.2, 0) is 0 Å². The minimum Gasteiger partial charge on any atom is -0.481 e. The summed E-state index contributed by atoms with van der Waals surface area (Å²) < 4.78 is 12.0. The number of hydrogen-bond donors (Lipinski definition) is 3. The number of nitrogen functional groups attached to an aromatic ring is 1. The van der Waals surface area contributed by atoms with Gasteiger partial charge in [-0.15, -0.1) is 0 Å². The number of nitrogens with two attached hydrogens (primary N) is 1. The van der Waals surface area contributed by atoms with E-state index in [0.29, 0.717) is 50.4 Å². The van der Waals surface area contributed by atoms with Crippen LogP contribution in [0.15, 0.2) is 46.0 Å². The van der Waals surface area contributed by atoms with Crippen molar-refractivity contribution in [3.63, 3.8) is 0 Å². The Labute approximate surface area is 203 Å². The van der Waals surface area contributed by atoms with E-state index in [-0.39, 0.29) is 17.3 Å². The molecular weight excluding hydrogens is 474 g/mol. The first-order valence-electron chi connectivity index (χ1n) is 10.5. The van der Waals surface area contributed by atoms with E-state index in [1.54, 1.807) is 25.1 Å². The smallest absolute Gasteiger partial charge is 0.266 e. The molecule has 5 aromatic rings. The Morgan fingerprint density at radius 1 is 1.29 bits per heavy atom. The quantitative estimate of drug-likeness (QED) is 0.320. The first-order valence-corrected chi connectivity index (χ1v) is 10.9. The van der Waals surface area contributed by atoms with E-state index in [0.717, 1.165) is 0 Å². The van der Waals surface area contributed by atoms with Crippen molar-refractivity contribution >= 4 is 34.0 Å². The van der Waals surface area contributed by atoms with Crippen LogP contribution in [0.1, 0.15) is 24.5 Å². The molecule has 4 N–H and O–H groups in total. The number of halogens is 1. The summed E-state index contributed by atoms with van der Waals surface area (Å²) >= 11 is 6.39. The van der Waals surface area contributed by atoms with E-state index < -0.39 is 6.04 Å². The summed E-state index contributed by atoms with van der Waals surface area (Å²) in [6, 6.07) is 8.30. The van der Waals surface area contributed by atoms with Gasteiger partial charge >= 0.3 is 0 Å². The molecule has 0 unspecified atom stereocenters. The summed E-state index contributed by atoms with van der Waals surface area (Å²) in [7, 11) is 1.50. The number of aryl methyl sites for hydroxylation is 1. The molecule has 0 amide bonds. The Morgan fingerprint density at radius 2 is 2.11 bits per heavy atom. The normalized spacial score (nSPS) is 12.1. The number of anilines is 2. The number of aromatic amines is 1. The summed E-state index contributed by atoms with van der Waals surface area (Å²) in [5, 5.41) is 15.5. The molecule has 0 spiro atoms. The van der Waals surface area contributed by atoms with Gasteiger partial charge < -0.3 is 20.3 Å². The molecule has 0 saturated heterocycles. The minimum absolute atomic E-state index is 0.165. The molecule has 0 aliphatic carbocycles. The van der Waals surface area contributed by atoms with Gasteiger partial charge in [0.25, 0.3) is 11.4 Å². The molecule has 4 heterocycles. The number of nitrogens with one attached hydrogen (secondary N) is 2. The number of rotatable bonds is 6. The molecule has 0 fully saturated rings. The number of ether oxygens (including phenoxy) is 1. The molecular formula is C22H20ClN9O3. The van der Waals surface area contributed by atoms with E-state index in [2.05, 4.69) is 35.6 Å². The van der Waals surface area contributed by atoms with E-state index in [1.807, 2.05) is 19.1 Å². The molecule has 35 heavy (non-hydrogen) atoms. The number of H-pyrrole nitrogens is 1. The van der Waals surface area contributed by atoms with E-state index in [9.17, 15) is 4.79 Å². The summed E-state index contributed by atoms with van der Waals surface area (Å²) in [5.74, 6) is 1.88. The van der Waals surface area contributed by atoms with Crippen molar-refractivity contribution in [3.05, 3.63) is 63.6 Å². The standard InChI is InChI=1S/C22H20ClN9O3/c1-10(27-20-18(19(24)25-9-26-20)21-28-11(2)31-35-21)14-7-12-5-4-6-13(23)17(12)22(33)32(14)15-8-16(34-3)30-29-15/h4-10H,1-3H3,(H,29,30)(H3,24,25,26,27)/t10-/m0/s1. The van der Waals surface area contributed by atoms with Crippen LogP contribution < -0.4 is 21.3 Å². The van der Waals surface area contributed by atoms with Crippen molar-refractivity contribution in [2.24, 2.45) is 0 Å². The lowest BCUT2D eigenvalue weighted by Crippen LogP contribution is -2.26. The van der Waals surface area contributed by atoms with Crippen molar-refractivity contribution in [2.45, 2.75) is 19.9 Å². The van der Waals surface area contributed by atoms with E-state index in [1.165, 1.54) is 18.0 Å². The zero-order valence-electron chi connectivity index (χ0n) is 18.9. The van der Waals surface area contributed by atoms with Crippen LogP contribution in [0.25, 0.3) is 28.0 Å². The lowest BCUT2D eigenvalue weighted by atomic mass is 10.1. The van der Waals surface area contributed by atoms with Gasteiger partial charge in [-0.05, 0) is 31.4 Å². The van der Waals surface area contributed by atoms with Crippen molar-refractivity contribution in [2.75, 3.05) is 18.2 Å². The predicted octanol–water partition coefficient (Wildman–Crippen LogP) is 3.28. The van der Waals surface area contributed by atoms with Gasteiger partial charge in [-0.3, -0.25) is 9.36 Å². The predicted molar refractivity (Wildman–Crippen MR) is 130 cm³/mol. The van der Waals surface area contributed by atoms with Gasteiger partial charge in [0.05, 0.1) is 29.3 Å². The zero-order chi connectivity index (χ0) is 24.7. The van der Waals surface area contributed by atoms with Crippen molar-refractivity contribution in [3.8, 4) is 23.2 Å². The maximum Gasteiger partial charge on any atom is 0.266 e. The molecule has 1 atom stereocenters. The summed E-state index contributed by atoms with van der Waals surface area (Å²) in [4.78, 5) is 26.3. The molecule has 178 valence electrons. The fraction of sp³-hybridized carbons (Fsp3) is 0.182. The lowest BCUT2D eigenvalue weighted by Gasteiger charge is -2.21. The van der Waals surface area contributed by atoms with Gasteiger partial charge in [-0.2, -0.15) is 10.1 Å². The van der Waals surface area contributed by atoms with Gasteiger partial charge in [-0.25, -0.2) is 15.1 Å². The third kappa shape index (κ3) is 3.93. The molecule has 0 radical (unpaired) electrons. The summed E-state index contributed by atoms with van der Waals surface area (Å²) in [5.41, 5.74) is 6.73. The second-order valence-electron chi connectivity index (χ2n) is 7.70. The molecule has 1 aromatic carbocycles. The highest BCUT2D eigenvalue weighted by molar-refractivity contribution is 6.35. The van der Waals surface area contributed by atoms with Crippen LogP contribution >= 0.6 is 11.6 Å². The van der Waals surface area contributed by atoms with Crippen LogP contribution in [0.5, 0.6) is 5.88 Å². The fourth-order valence-corrected chi connectivity index (χ4v) is 4.07. The first kappa shape index (κ1) is 22.3. The van der Waals surface area contributed by atoms with Crippen molar-refractivity contribution in [1.29, 1.82) is 0 Å². The van der Waals surface area contributed by atoms with Crippen LogP contribution in [0.4, 0.5) is 11.6 Å². The molecule has 13 heteroatoms. The largest absolute Gasteiger partial charge is 0.481 e. The second kappa shape index (κ2) is 8.72. The third-order valence-corrected chi connectivity index (χ3v) is 5.74. The lowest BCUT2D eigenvalue weighted by molar-refractivity contribution is 0.397. The Kier molecular flexibility index (Phi) is 5.57. The number of nitrogens with zero attached hydrogens (tertiary/aromatic N) is 6. The van der Waals surface area contributed by atoms with E-state index in [4.69, 9.17) is 26.6 Å². The molecule has 5 rings (SSSR count). The van der Waals surface area contributed by atoms with Gasteiger partial charge in [0, 0.05) is 6.07 Å². The van der Waals surface area contributed by atoms with E-state index >= 15 is 0 Å². The Hall–Kier alpha value is -4.45. The average molecular weight is 494 g/mol. The van der Waals surface area contributed by atoms with Gasteiger partial charge in [0.15, 0.2) is 11.6 Å². The topological polar surface area (TPSA) is 163 Å². The SMILES string of the molecule is COc1cc(-n2c([C@H](C)Nc3ncnc(N)c3-c3nc(C)no3)cc3cccc(Cl)c3c2=O)n[nH]1. The highest BCUT2D eigenvalue weighted by Gasteiger charge is 2.23. The van der Waals surface area contributed by atoms with Gasteiger partial charge in [-0.1, -0.05) is 28.9 Å². The number of hydrogen-bond acceptors (Lipinski definition) is 10. The second-order valence-corrected chi connectivity index (χ2v) is 8.11. The Balaban J connectivity index is 1.67. The van der Waals surface area contributed by atoms with Crippen LogP contribution in [-0.4, -0.2) is 42.0 Å². The number of benzene rings is 1. The van der Waals surface area contributed by atoms with Crippen molar-refractivity contribution < 1.29 is 9.26 Å². The number of pyridine rings is 1. The Bertz CT molecular complexity index is 1610. The maximum atomic E-state index is 13.6. The number of methoxy groups -OCH3 is 1.